The highest BCUT2D eigenvalue weighted by atomic mass is 127. The van der Waals surface area contributed by atoms with Gasteiger partial charge in [0.1, 0.15) is 11.5 Å². The van der Waals surface area contributed by atoms with Gasteiger partial charge in [0.05, 0.1) is 11.9 Å². The molecule has 2 aromatic carbocycles. The fourth-order valence-corrected chi connectivity index (χ4v) is 2.46. The normalized spacial score (nSPS) is 11.0. The maximum atomic E-state index is 5.99. The highest BCUT2D eigenvalue weighted by Crippen LogP contribution is 2.24. The smallest absolute Gasteiger partial charge is 0.147 e. The molecule has 3 aromatic rings. The third kappa shape index (κ3) is 3.90. The summed E-state index contributed by atoms with van der Waals surface area (Å²) in [6.07, 6.45) is 1.64. The van der Waals surface area contributed by atoms with Crippen LogP contribution in [0.25, 0.3) is 11.3 Å². The molecule has 0 radical (unpaired) electrons. The zero-order valence-corrected chi connectivity index (χ0v) is 14.4. The van der Waals surface area contributed by atoms with Gasteiger partial charge in [-0.3, -0.25) is 5.43 Å². The summed E-state index contributed by atoms with van der Waals surface area (Å²) in [5.41, 5.74) is 4.83. The van der Waals surface area contributed by atoms with E-state index in [1.807, 2.05) is 60.7 Å². The zero-order valence-electron chi connectivity index (χ0n) is 11.5. The Morgan fingerprint density at radius 2 is 1.86 bits per heavy atom. The van der Waals surface area contributed by atoms with Gasteiger partial charge in [0.15, 0.2) is 0 Å². The number of rotatable bonds is 4. The molecule has 0 aliphatic rings. The van der Waals surface area contributed by atoms with Gasteiger partial charge in [0.2, 0.25) is 0 Å². The molecular formula is C17H12ClIN2O. The second-order valence-electron chi connectivity index (χ2n) is 4.59. The molecule has 3 nitrogen and oxygen atoms in total. The predicted molar refractivity (Wildman–Crippen MR) is 99.5 cm³/mol. The Morgan fingerprint density at radius 3 is 2.64 bits per heavy atom. The molecular weight excluding hydrogens is 411 g/mol. The van der Waals surface area contributed by atoms with Crippen molar-refractivity contribution in [1.82, 2.24) is 0 Å². The second-order valence-corrected chi connectivity index (χ2v) is 6.27. The van der Waals surface area contributed by atoms with Crippen molar-refractivity contribution in [2.45, 2.75) is 0 Å². The largest absolute Gasteiger partial charge is 0.455 e. The van der Waals surface area contributed by atoms with Crippen molar-refractivity contribution in [3.8, 4) is 11.3 Å². The molecule has 0 atom stereocenters. The number of nitrogens with one attached hydrogen (secondary N) is 1. The Labute approximate surface area is 147 Å². The van der Waals surface area contributed by atoms with Crippen LogP contribution in [0.2, 0.25) is 5.02 Å². The summed E-state index contributed by atoms with van der Waals surface area (Å²) in [5.74, 6) is 1.44. The molecule has 0 spiro atoms. The van der Waals surface area contributed by atoms with E-state index < -0.39 is 0 Å². The van der Waals surface area contributed by atoms with Crippen molar-refractivity contribution in [3.63, 3.8) is 0 Å². The standard InChI is InChI=1S/C17H12ClIN2O/c18-13-3-1-2-12(10-13)17-9-8-16(22-17)11-20-21-15-6-4-14(19)5-7-15/h1-11,21H/b20-11-. The summed E-state index contributed by atoms with van der Waals surface area (Å²) < 4.78 is 6.92. The van der Waals surface area contributed by atoms with Crippen LogP contribution in [-0.2, 0) is 0 Å². The van der Waals surface area contributed by atoms with E-state index in [0.29, 0.717) is 10.8 Å². The Balaban J connectivity index is 1.69. The number of nitrogens with zero attached hydrogens (tertiary/aromatic N) is 1. The predicted octanol–water partition coefficient (Wildman–Crippen LogP) is 5.65. The van der Waals surface area contributed by atoms with E-state index in [4.69, 9.17) is 16.0 Å². The van der Waals surface area contributed by atoms with Gasteiger partial charge in [-0.15, -0.1) is 0 Å². The maximum absolute atomic E-state index is 5.99. The Kier molecular flexibility index (Phi) is 4.80. The van der Waals surface area contributed by atoms with E-state index in [-0.39, 0.29) is 0 Å². The van der Waals surface area contributed by atoms with Crippen molar-refractivity contribution in [2.75, 3.05) is 5.43 Å². The fourth-order valence-electron chi connectivity index (χ4n) is 1.91. The number of anilines is 1. The highest BCUT2D eigenvalue weighted by molar-refractivity contribution is 14.1. The van der Waals surface area contributed by atoms with Crippen LogP contribution >= 0.6 is 34.2 Å². The lowest BCUT2D eigenvalue weighted by atomic mass is 10.2. The summed E-state index contributed by atoms with van der Waals surface area (Å²) in [6, 6.07) is 19.3. The second kappa shape index (κ2) is 6.98. The molecule has 0 aliphatic heterocycles. The quantitative estimate of drug-likeness (QED) is 0.335. The average Bonchev–Trinajstić information content (AvgIpc) is 2.98. The van der Waals surface area contributed by atoms with Gasteiger partial charge in [-0.2, -0.15) is 5.10 Å². The van der Waals surface area contributed by atoms with Crippen LogP contribution < -0.4 is 5.43 Å². The fraction of sp³-hybridized carbons (Fsp3) is 0. The van der Waals surface area contributed by atoms with E-state index in [1.54, 1.807) is 6.21 Å². The summed E-state index contributed by atoms with van der Waals surface area (Å²) in [7, 11) is 0. The number of furan rings is 1. The SMILES string of the molecule is Clc1cccc(-c2ccc(/C=N\Nc3ccc(I)cc3)o2)c1. The molecule has 22 heavy (non-hydrogen) atoms. The van der Waals surface area contributed by atoms with Crippen LogP contribution in [0.3, 0.4) is 0 Å². The minimum atomic E-state index is 0.674. The third-order valence-electron chi connectivity index (χ3n) is 2.97. The minimum absolute atomic E-state index is 0.674. The number of hydrogen-bond acceptors (Lipinski definition) is 3. The van der Waals surface area contributed by atoms with Gasteiger partial charge in [0, 0.05) is 14.2 Å². The number of hydrazone groups is 1. The third-order valence-corrected chi connectivity index (χ3v) is 3.92. The first-order chi connectivity index (χ1) is 10.7. The Bertz CT molecular complexity index is 796. The average molecular weight is 423 g/mol. The maximum Gasteiger partial charge on any atom is 0.147 e. The van der Waals surface area contributed by atoms with Gasteiger partial charge >= 0.3 is 0 Å². The number of benzene rings is 2. The van der Waals surface area contributed by atoms with Crippen LogP contribution in [0.4, 0.5) is 5.69 Å². The van der Waals surface area contributed by atoms with Crippen LogP contribution in [0.5, 0.6) is 0 Å². The summed E-state index contributed by atoms with van der Waals surface area (Å²) in [5, 5.41) is 4.85. The first kappa shape index (κ1) is 15.1. The lowest BCUT2D eigenvalue weighted by molar-refractivity contribution is 0.575. The van der Waals surface area contributed by atoms with E-state index >= 15 is 0 Å². The van der Waals surface area contributed by atoms with Crippen LogP contribution in [0.1, 0.15) is 5.76 Å². The van der Waals surface area contributed by atoms with Gasteiger partial charge in [-0.1, -0.05) is 23.7 Å². The van der Waals surface area contributed by atoms with Crippen molar-refractivity contribution >= 4 is 46.1 Å². The summed E-state index contributed by atoms with van der Waals surface area (Å²) in [6.45, 7) is 0. The summed E-state index contributed by atoms with van der Waals surface area (Å²) in [4.78, 5) is 0. The van der Waals surface area contributed by atoms with E-state index in [2.05, 4.69) is 33.1 Å². The first-order valence-corrected chi connectivity index (χ1v) is 8.07. The van der Waals surface area contributed by atoms with Crippen molar-refractivity contribution in [3.05, 3.63) is 75.0 Å². The Morgan fingerprint density at radius 1 is 1.05 bits per heavy atom. The topological polar surface area (TPSA) is 37.5 Å². The highest BCUT2D eigenvalue weighted by Gasteiger charge is 2.03. The Hall–Kier alpha value is -1.79. The van der Waals surface area contributed by atoms with Crippen molar-refractivity contribution < 1.29 is 4.42 Å². The van der Waals surface area contributed by atoms with Crippen molar-refractivity contribution in [2.24, 2.45) is 5.10 Å². The lowest BCUT2D eigenvalue weighted by Gasteiger charge is -1.99. The van der Waals surface area contributed by atoms with E-state index in [1.165, 1.54) is 3.57 Å². The molecule has 0 saturated carbocycles. The van der Waals surface area contributed by atoms with Gasteiger partial charge in [0.25, 0.3) is 0 Å². The van der Waals surface area contributed by atoms with E-state index in [0.717, 1.165) is 17.0 Å². The number of halogens is 2. The zero-order chi connectivity index (χ0) is 15.4. The molecule has 0 bridgehead atoms. The molecule has 0 unspecified atom stereocenters. The molecule has 3 rings (SSSR count). The van der Waals surface area contributed by atoms with Crippen LogP contribution in [0, 0.1) is 3.57 Å². The molecule has 1 heterocycles. The summed E-state index contributed by atoms with van der Waals surface area (Å²) >= 11 is 8.25. The molecule has 0 aliphatic carbocycles. The molecule has 5 heteroatoms. The first-order valence-electron chi connectivity index (χ1n) is 6.61. The van der Waals surface area contributed by atoms with E-state index in [9.17, 15) is 0 Å². The van der Waals surface area contributed by atoms with Crippen LogP contribution in [-0.4, -0.2) is 6.21 Å². The van der Waals surface area contributed by atoms with Gasteiger partial charge in [-0.25, -0.2) is 0 Å². The molecule has 0 saturated heterocycles. The molecule has 0 amide bonds. The lowest BCUT2D eigenvalue weighted by Crippen LogP contribution is -1.89. The number of hydrogen-bond donors (Lipinski definition) is 1. The minimum Gasteiger partial charge on any atom is -0.455 e. The molecule has 1 aromatic heterocycles. The monoisotopic (exact) mass is 422 g/mol. The van der Waals surface area contributed by atoms with Gasteiger partial charge < -0.3 is 4.42 Å². The van der Waals surface area contributed by atoms with Crippen molar-refractivity contribution in [1.29, 1.82) is 0 Å². The molecule has 0 fully saturated rings. The van der Waals surface area contributed by atoms with Gasteiger partial charge in [-0.05, 0) is 71.1 Å². The molecule has 110 valence electrons. The van der Waals surface area contributed by atoms with Crippen LogP contribution in [0.15, 0.2) is 70.2 Å². The molecule has 1 N–H and O–H groups in total.